The molecular weight excluding hydrogens is 118 g/mol. The van der Waals surface area contributed by atoms with Crippen LogP contribution in [0.15, 0.2) is 0 Å². The van der Waals surface area contributed by atoms with Crippen molar-refractivity contribution in [2.45, 2.75) is 32.9 Å². The zero-order chi connectivity index (χ0) is 6.78. The Bertz CT molecular complexity index is 67.3. The minimum Gasteiger partial charge on any atom is -0.401 e. The molecule has 0 heterocycles. The first-order valence-corrected chi connectivity index (χ1v) is 5.14. The first-order valence-electron chi connectivity index (χ1n) is 2.85. The Kier molecular flexibility index (Phi) is 2.66. The quantitative estimate of drug-likeness (QED) is 0.532. The molecule has 0 bridgehead atoms. The van der Waals surface area contributed by atoms with Crippen molar-refractivity contribution >= 4 is 9.20 Å². The zero-order valence-corrected chi connectivity index (χ0v) is 7.22. The van der Waals surface area contributed by atoms with E-state index in [1.807, 2.05) is 27.3 Å². The fraction of sp³-hybridized carbons (Fsp3) is 1.00. The minimum atomic E-state index is -1.30. The standard InChI is InChI=1S/C5H15NOSi/c1-5(2,3)7-8(4)6/h8H,6H2,1-4H3. The van der Waals surface area contributed by atoms with Gasteiger partial charge in [-0.2, -0.15) is 0 Å². The fourth-order valence-corrected chi connectivity index (χ4v) is 1.67. The molecule has 0 aromatic carbocycles. The summed E-state index contributed by atoms with van der Waals surface area (Å²) in [6.45, 7) is 8.02. The molecule has 2 N–H and O–H groups in total. The average molecular weight is 133 g/mol. The van der Waals surface area contributed by atoms with Gasteiger partial charge >= 0.3 is 0 Å². The van der Waals surface area contributed by atoms with Gasteiger partial charge in [-0.3, -0.25) is 0 Å². The molecule has 1 unspecified atom stereocenters. The van der Waals surface area contributed by atoms with Gasteiger partial charge in [0.15, 0.2) is 0 Å². The highest BCUT2D eigenvalue weighted by molar-refractivity contribution is 6.46. The Balaban J connectivity index is 3.39. The van der Waals surface area contributed by atoms with Gasteiger partial charge in [-0.15, -0.1) is 0 Å². The summed E-state index contributed by atoms with van der Waals surface area (Å²) in [6.07, 6.45) is 0. The van der Waals surface area contributed by atoms with Gasteiger partial charge in [0.25, 0.3) is 0 Å². The lowest BCUT2D eigenvalue weighted by Gasteiger charge is -2.21. The summed E-state index contributed by atoms with van der Waals surface area (Å²) < 4.78 is 5.35. The Morgan fingerprint density at radius 3 is 1.75 bits per heavy atom. The van der Waals surface area contributed by atoms with Gasteiger partial charge in [0.05, 0.1) is 0 Å². The lowest BCUT2D eigenvalue weighted by atomic mass is 10.2. The topological polar surface area (TPSA) is 35.2 Å². The summed E-state index contributed by atoms with van der Waals surface area (Å²) in [5, 5.41) is 5.50. The first-order chi connectivity index (χ1) is 3.42. The Labute approximate surface area is 52.8 Å². The summed E-state index contributed by atoms with van der Waals surface area (Å²) in [6, 6.07) is 0. The van der Waals surface area contributed by atoms with E-state index in [1.54, 1.807) is 0 Å². The molecule has 0 radical (unpaired) electrons. The van der Waals surface area contributed by atoms with E-state index in [1.165, 1.54) is 0 Å². The smallest absolute Gasteiger partial charge is 0.247 e. The second-order valence-electron chi connectivity index (χ2n) is 2.94. The molecule has 8 heavy (non-hydrogen) atoms. The van der Waals surface area contributed by atoms with Crippen LogP contribution >= 0.6 is 0 Å². The molecule has 0 saturated heterocycles. The van der Waals surface area contributed by atoms with Crippen molar-refractivity contribution in [3.05, 3.63) is 0 Å². The highest BCUT2D eigenvalue weighted by Gasteiger charge is 2.11. The SMILES string of the molecule is C[SiH](N)OC(C)(C)C. The molecule has 0 rings (SSSR count). The van der Waals surface area contributed by atoms with Crippen LogP contribution in [0.2, 0.25) is 6.55 Å². The van der Waals surface area contributed by atoms with Crippen LogP contribution in [0, 0.1) is 0 Å². The largest absolute Gasteiger partial charge is 0.401 e. The lowest BCUT2D eigenvalue weighted by molar-refractivity contribution is 0.130. The van der Waals surface area contributed by atoms with Gasteiger partial charge in [0.2, 0.25) is 9.20 Å². The Hall–Kier alpha value is 0.137. The van der Waals surface area contributed by atoms with Gasteiger partial charge in [-0.1, -0.05) is 0 Å². The molecule has 0 aliphatic heterocycles. The molecule has 2 nitrogen and oxygen atoms in total. The second kappa shape index (κ2) is 2.62. The van der Waals surface area contributed by atoms with E-state index < -0.39 is 9.20 Å². The molecule has 0 spiro atoms. The summed E-state index contributed by atoms with van der Waals surface area (Å²) in [5.41, 5.74) is -0.0413. The number of hydrogen-bond acceptors (Lipinski definition) is 2. The van der Waals surface area contributed by atoms with E-state index in [4.69, 9.17) is 9.83 Å². The van der Waals surface area contributed by atoms with Crippen LogP contribution in [0.25, 0.3) is 0 Å². The highest BCUT2D eigenvalue weighted by Crippen LogP contribution is 2.05. The van der Waals surface area contributed by atoms with Crippen LogP contribution in [0.3, 0.4) is 0 Å². The lowest BCUT2D eigenvalue weighted by Crippen LogP contribution is -2.35. The minimum absolute atomic E-state index is 0.0413. The summed E-state index contributed by atoms with van der Waals surface area (Å²) in [5.74, 6) is 0. The van der Waals surface area contributed by atoms with E-state index in [-0.39, 0.29) is 5.60 Å². The third-order valence-corrected chi connectivity index (χ3v) is 1.62. The van der Waals surface area contributed by atoms with Crippen LogP contribution in [0.5, 0.6) is 0 Å². The maximum atomic E-state index is 5.50. The van der Waals surface area contributed by atoms with Gasteiger partial charge < -0.3 is 9.83 Å². The van der Waals surface area contributed by atoms with Crippen molar-refractivity contribution in [3.63, 3.8) is 0 Å². The molecule has 0 aliphatic rings. The van der Waals surface area contributed by atoms with Crippen molar-refractivity contribution in [2.75, 3.05) is 0 Å². The second-order valence-corrected chi connectivity index (χ2v) is 4.58. The predicted octanol–water partition coefficient (Wildman–Crippen LogP) is 0.610. The van der Waals surface area contributed by atoms with E-state index in [2.05, 4.69) is 0 Å². The fourth-order valence-electron chi connectivity index (χ4n) is 0.558. The van der Waals surface area contributed by atoms with E-state index in [9.17, 15) is 0 Å². The van der Waals surface area contributed by atoms with Crippen molar-refractivity contribution in [1.82, 2.24) is 0 Å². The van der Waals surface area contributed by atoms with Gasteiger partial charge in [-0.05, 0) is 27.3 Å². The molecule has 0 fully saturated rings. The maximum absolute atomic E-state index is 5.50. The molecule has 1 atom stereocenters. The van der Waals surface area contributed by atoms with E-state index in [0.29, 0.717) is 0 Å². The molecular formula is C5H15NOSi. The van der Waals surface area contributed by atoms with Gasteiger partial charge in [0, 0.05) is 5.60 Å². The number of hydrogen-bond donors (Lipinski definition) is 1. The van der Waals surface area contributed by atoms with Crippen molar-refractivity contribution in [1.29, 1.82) is 0 Å². The molecule has 0 aliphatic carbocycles. The van der Waals surface area contributed by atoms with Crippen LogP contribution in [0.1, 0.15) is 20.8 Å². The van der Waals surface area contributed by atoms with E-state index in [0.717, 1.165) is 0 Å². The summed E-state index contributed by atoms with van der Waals surface area (Å²) in [7, 11) is -1.30. The zero-order valence-electron chi connectivity index (χ0n) is 6.06. The molecule has 3 heteroatoms. The third-order valence-electron chi connectivity index (χ3n) is 0.539. The first kappa shape index (κ1) is 8.14. The predicted molar refractivity (Wildman–Crippen MR) is 38.0 cm³/mol. The Morgan fingerprint density at radius 1 is 1.38 bits per heavy atom. The van der Waals surface area contributed by atoms with Crippen molar-refractivity contribution in [2.24, 2.45) is 5.40 Å². The van der Waals surface area contributed by atoms with Crippen molar-refractivity contribution < 1.29 is 4.43 Å². The average Bonchev–Trinajstić information content (AvgIpc) is 1.21. The monoisotopic (exact) mass is 133 g/mol. The van der Waals surface area contributed by atoms with Crippen LogP contribution in [-0.4, -0.2) is 14.8 Å². The summed E-state index contributed by atoms with van der Waals surface area (Å²) in [4.78, 5) is 0. The summed E-state index contributed by atoms with van der Waals surface area (Å²) >= 11 is 0. The third kappa shape index (κ3) is 6.14. The van der Waals surface area contributed by atoms with Crippen LogP contribution in [0.4, 0.5) is 0 Å². The van der Waals surface area contributed by atoms with Crippen LogP contribution in [-0.2, 0) is 4.43 Å². The van der Waals surface area contributed by atoms with Gasteiger partial charge in [-0.25, -0.2) is 0 Å². The van der Waals surface area contributed by atoms with Crippen molar-refractivity contribution in [3.8, 4) is 0 Å². The molecule has 0 aromatic heterocycles. The van der Waals surface area contributed by atoms with Gasteiger partial charge in [0.1, 0.15) is 0 Å². The Morgan fingerprint density at radius 2 is 1.75 bits per heavy atom. The van der Waals surface area contributed by atoms with E-state index >= 15 is 0 Å². The highest BCUT2D eigenvalue weighted by atomic mass is 28.3. The maximum Gasteiger partial charge on any atom is 0.247 e. The van der Waals surface area contributed by atoms with Crippen LogP contribution < -0.4 is 5.40 Å². The molecule has 0 aromatic rings. The molecule has 0 saturated carbocycles. The number of nitrogens with two attached hydrogens (primary N) is 1. The molecule has 0 amide bonds. The molecule has 50 valence electrons. The number of rotatable bonds is 1. The normalized spacial score (nSPS) is 16.1.